The van der Waals surface area contributed by atoms with E-state index in [0.29, 0.717) is 13.0 Å². The maximum atomic E-state index is 14.6. The number of esters is 2. The second-order valence-electron chi connectivity index (χ2n) is 22.0. The summed E-state index contributed by atoms with van der Waals surface area (Å²) in [6.45, 7) is 30.3. The smallest absolute Gasteiger partial charge is 0.311 e. The van der Waals surface area contributed by atoms with Crippen LogP contribution in [-0.4, -0.2) is 230 Å². The molecule has 4 heterocycles. The summed E-state index contributed by atoms with van der Waals surface area (Å²) < 4.78 is 51.6. The summed E-state index contributed by atoms with van der Waals surface area (Å²) in [4.78, 5) is 51.3. The molecule has 4 saturated heterocycles. The molecule has 4 fully saturated rings. The molecule has 0 aromatic carbocycles. The molecule has 0 radical (unpaired) electrons. The van der Waals surface area contributed by atoms with Gasteiger partial charge in [0.2, 0.25) is 5.91 Å². The highest BCUT2D eigenvalue weighted by atomic mass is 16.7. The molecule has 0 aromatic rings. The first-order chi connectivity index (χ1) is 33.3. The number of nitrogens with zero attached hydrogens (tertiary/aromatic N) is 4. The first kappa shape index (κ1) is 61.4. The summed E-state index contributed by atoms with van der Waals surface area (Å²) in [5, 5.41) is 38.0. The van der Waals surface area contributed by atoms with E-state index in [1.165, 1.54) is 14.0 Å². The van der Waals surface area contributed by atoms with E-state index in [0.717, 1.165) is 58.8 Å². The lowest BCUT2D eigenvalue weighted by molar-refractivity contribution is -0.320. The van der Waals surface area contributed by atoms with Gasteiger partial charge in [-0.3, -0.25) is 14.4 Å². The van der Waals surface area contributed by atoms with E-state index in [1.54, 1.807) is 41.7 Å². The van der Waals surface area contributed by atoms with Crippen molar-refractivity contribution in [2.75, 3.05) is 87.2 Å². The number of likely N-dealkylation sites (N-methyl/N-ethyl adjacent to an activating group) is 1. The van der Waals surface area contributed by atoms with Gasteiger partial charge in [0.1, 0.15) is 29.5 Å². The quantitative estimate of drug-likeness (QED) is 0.146. The molecule has 0 unspecified atom stereocenters. The van der Waals surface area contributed by atoms with Crippen LogP contribution in [0.4, 0.5) is 0 Å². The topological polar surface area (TPSA) is 211 Å². The maximum Gasteiger partial charge on any atom is 0.311 e. The van der Waals surface area contributed by atoms with E-state index in [-0.39, 0.29) is 43.8 Å². The Hall–Kier alpha value is -2.11. The molecule has 19 nitrogen and oxygen atoms in total. The van der Waals surface area contributed by atoms with Crippen LogP contribution in [0.2, 0.25) is 0 Å². The number of ether oxygens (including phenoxy) is 8. The third-order valence-electron chi connectivity index (χ3n) is 16.3. The van der Waals surface area contributed by atoms with Gasteiger partial charge in [0.05, 0.1) is 48.4 Å². The van der Waals surface area contributed by atoms with Crippen molar-refractivity contribution in [2.45, 2.75) is 212 Å². The minimum atomic E-state index is -1.97. The van der Waals surface area contributed by atoms with Crippen LogP contribution in [0.1, 0.15) is 122 Å². The third kappa shape index (κ3) is 15.7. The lowest BCUT2D eigenvalue weighted by Crippen LogP contribution is -2.61. The average Bonchev–Trinajstić information content (AvgIpc) is 3.33. The summed E-state index contributed by atoms with van der Waals surface area (Å²) in [5.74, 6) is -4.07. The number of piperazine rings is 1. The second kappa shape index (κ2) is 27.1. The molecule has 414 valence electrons. The Balaban J connectivity index is 1.63. The summed E-state index contributed by atoms with van der Waals surface area (Å²) in [7, 11) is 6.84. The number of carbonyl (C=O) groups is 3. The van der Waals surface area contributed by atoms with Gasteiger partial charge < -0.3 is 78.1 Å². The van der Waals surface area contributed by atoms with Crippen molar-refractivity contribution < 1.29 is 67.6 Å². The summed E-state index contributed by atoms with van der Waals surface area (Å²) >= 11 is 0. The Morgan fingerprint density at radius 1 is 0.845 bits per heavy atom. The number of hydrogen-bond acceptors (Lipinski definition) is 18. The molecule has 0 spiro atoms. The van der Waals surface area contributed by atoms with Crippen molar-refractivity contribution in [2.24, 2.45) is 17.8 Å². The summed E-state index contributed by atoms with van der Waals surface area (Å²) in [6.07, 6.45) is -7.64. The molecule has 71 heavy (non-hydrogen) atoms. The van der Waals surface area contributed by atoms with Crippen molar-refractivity contribution in [1.82, 2.24) is 24.9 Å². The van der Waals surface area contributed by atoms with Gasteiger partial charge in [-0.1, -0.05) is 34.6 Å². The van der Waals surface area contributed by atoms with Gasteiger partial charge in [-0.25, -0.2) is 0 Å². The molecule has 0 aliphatic carbocycles. The zero-order valence-corrected chi connectivity index (χ0v) is 46.4. The normalized spacial score (nSPS) is 41.0. The summed E-state index contributed by atoms with van der Waals surface area (Å²) in [6, 6.07) is -1.25. The predicted molar refractivity (Wildman–Crippen MR) is 268 cm³/mol. The molecule has 0 aromatic heterocycles. The van der Waals surface area contributed by atoms with Crippen LogP contribution < -0.4 is 5.32 Å². The number of aliphatic hydroxyl groups excluding tert-OH is 2. The van der Waals surface area contributed by atoms with E-state index in [9.17, 15) is 29.7 Å². The lowest BCUT2D eigenvalue weighted by Gasteiger charge is -2.49. The highest BCUT2D eigenvalue weighted by Gasteiger charge is 2.54. The van der Waals surface area contributed by atoms with E-state index in [1.807, 2.05) is 46.7 Å². The van der Waals surface area contributed by atoms with Crippen LogP contribution in [0, 0.1) is 17.8 Å². The van der Waals surface area contributed by atoms with Crippen LogP contribution in [0.25, 0.3) is 0 Å². The first-order valence-corrected chi connectivity index (χ1v) is 26.6. The van der Waals surface area contributed by atoms with Crippen LogP contribution in [0.3, 0.4) is 0 Å². The zero-order chi connectivity index (χ0) is 53.2. The van der Waals surface area contributed by atoms with Gasteiger partial charge in [-0.15, -0.1) is 0 Å². The van der Waals surface area contributed by atoms with E-state index < -0.39 is 108 Å². The molecular formula is C52H97N5O14. The first-order valence-electron chi connectivity index (χ1n) is 26.6. The molecule has 4 aliphatic heterocycles. The minimum Gasteiger partial charge on any atom is -0.459 e. The van der Waals surface area contributed by atoms with E-state index >= 15 is 0 Å². The fourth-order valence-corrected chi connectivity index (χ4v) is 11.4. The van der Waals surface area contributed by atoms with Crippen molar-refractivity contribution >= 4 is 17.8 Å². The molecule has 4 N–H and O–H groups in total. The number of methoxy groups -OCH3 is 2. The van der Waals surface area contributed by atoms with Gasteiger partial charge in [0.25, 0.3) is 0 Å². The summed E-state index contributed by atoms with van der Waals surface area (Å²) in [5.41, 5.74) is -4.35. The van der Waals surface area contributed by atoms with Crippen LogP contribution in [-0.2, 0) is 52.3 Å². The van der Waals surface area contributed by atoms with Crippen molar-refractivity contribution in [3.05, 3.63) is 0 Å². The molecule has 19 heteroatoms. The van der Waals surface area contributed by atoms with E-state index in [4.69, 9.17) is 37.9 Å². The molecule has 4 aliphatic rings. The number of hydrogen-bond donors (Lipinski definition) is 4. The van der Waals surface area contributed by atoms with Gasteiger partial charge in [-0.05, 0) is 114 Å². The number of aliphatic hydroxyl groups is 3. The van der Waals surface area contributed by atoms with E-state index in [2.05, 4.69) is 33.9 Å². The van der Waals surface area contributed by atoms with Crippen molar-refractivity contribution in [3.63, 3.8) is 0 Å². The number of rotatable bonds is 18. The number of cyclic esters (lactones) is 1. The average molecular weight is 1020 g/mol. The van der Waals surface area contributed by atoms with Crippen LogP contribution in [0.5, 0.6) is 0 Å². The number of carbonyl (C=O) groups excluding carboxylic acids is 3. The Labute approximate surface area is 426 Å². The van der Waals surface area contributed by atoms with Gasteiger partial charge in [0.15, 0.2) is 18.7 Å². The Kier molecular flexibility index (Phi) is 23.4. The van der Waals surface area contributed by atoms with Crippen LogP contribution in [0.15, 0.2) is 0 Å². The fraction of sp³-hybridized carbons (Fsp3) is 0.942. The SMILES string of the molecule is CC[C@H]1OC(=O)[C@H](C)[C@@H](O[C@H]2C[C@@](C)(OC)[C@@H](OC(=O)CCN3CCN(CCCN(CC)CC)CC3)[C@H](C)O2)[C@H](C)[C@@H](O[C@@H]2O[C@H](C)C[C@H](N(C)C)[C@H]2O)[C@](C)(OC)C[C@@H](C)C(=O)N[C@H](C)[C@@H](O)[C@]1(C)O. The second-order valence-corrected chi connectivity index (χ2v) is 22.0. The van der Waals surface area contributed by atoms with Crippen molar-refractivity contribution in [1.29, 1.82) is 0 Å². The molecule has 0 saturated carbocycles. The molecule has 4 rings (SSSR count). The van der Waals surface area contributed by atoms with Gasteiger partial charge >= 0.3 is 11.9 Å². The lowest BCUT2D eigenvalue weighted by atomic mass is 9.77. The van der Waals surface area contributed by atoms with Gasteiger partial charge in [-0.2, -0.15) is 0 Å². The Morgan fingerprint density at radius 3 is 2.00 bits per heavy atom. The largest absolute Gasteiger partial charge is 0.459 e. The maximum absolute atomic E-state index is 14.6. The Morgan fingerprint density at radius 2 is 1.44 bits per heavy atom. The highest BCUT2D eigenvalue weighted by Crippen LogP contribution is 2.41. The monoisotopic (exact) mass is 1020 g/mol. The number of nitrogens with one attached hydrogen (secondary N) is 1. The molecular weight excluding hydrogens is 919 g/mol. The molecule has 18 atom stereocenters. The van der Waals surface area contributed by atoms with Gasteiger partial charge in [0, 0.05) is 71.2 Å². The predicted octanol–water partition coefficient (Wildman–Crippen LogP) is 3.03. The zero-order valence-electron chi connectivity index (χ0n) is 46.4. The highest BCUT2D eigenvalue weighted by molar-refractivity contribution is 5.78. The number of amides is 1. The molecule has 0 bridgehead atoms. The van der Waals surface area contributed by atoms with Crippen LogP contribution >= 0.6 is 0 Å². The third-order valence-corrected chi connectivity index (χ3v) is 16.3. The fourth-order valence-electron chi connectivity index (χ4n) is 11.4. The Bertz CT molecular complexity index is 1650. The minimum absolute atomic E-state index is 0.0847. The van der Waals surface area contributed by atoms with Crippen molar-refractivity contribution in [3.8, 4) is 0 Å². The molecule has 1 amide bonds. The standard InChI is InChI=1S/C52H97N5O14/c1-17-39-52(12,63)44(60)36(8)53-47(61)32(4)30-50(10,64-15)45(71-49-42(59)38(54(13)14)29-33(5)66-49)34(6)43(35(7)48(62)68-39)70-41-31-51(11,65-16)46(37(9)67-41)69-40(58)21-24-57-27-25-56(26-28-57)23-20-22-55(18-2)19-3/h32-39,41-46,49,59-60,63H,17-31H2,1-16H3,(H,53,61)/t32-,33-,34+,35-,36-,37+,38+,39-,41+,42-,43+,44-,45-,46+,49+,50-,51-,52-/m1/s1.